The summed E-state index contributed by atoms with van der Waals surface area (Å²) in [6.07, 6.45) is 0.963. The van der Waals surface area contributed by atoms with Crippen molar-refractivity contribution in [3.8, 4) is 0 Å². The molecule has 2 aliphatic heterocycles. The van der Waals surface area contributed by atoms with Crippen LogP contribution in [0.4, 0.5) is 4.79 Å². The molecule has 0 spiro atoms. The molecule has 2 heterocycles. The first-order valence-corrected chi connectivity index (χ1v) is 9.46. The lowest BCUT2D eigenvalue weighted by Gasteiger charge is -2.31. The van der Waals surface area contributed by atoms with Crippen LogP contribution in [0.15, 0.2) is 35.5 Å². The highest BCUT2D eigenvalue weighted by molar-refractivity contribution is 6.01. The van der Waals surface area contributed by atoms with Crippen molar-refractivity contribution in [2.75, 3.05) is 20.1 Å². The van der Waals surface area contributed by atoms with E-state index in [1.54, 1.807) is 11.9 Å². The maximum atomic E-state index is 13.1. The molecule has 5 heteroatoms. The minimum atomic E-state index is -0.369. The second-order valence-electron chi connectivity index (χ2n) is 8.03. The Hall–Kier alpha value is -2.30. The first-order chi connectivity index (χ1) is 12.3. The highest BCUT2D eigenvalue weighted by atomic mass is 16.2. The molecule has 0 aliphatic carbocycles. The molecule has 2 aliphatic rings. The zero-order valence-electron chi connectivity index (χ0n) is 16.4. The van der Waals surface area contributed by atoms with Crippen molar-refractivity contribution in [3.05, 3.63) is 46.7 Å². The quantitative estimate of drug-likeness (QED) is 0.876. The maximum absolute atomic E-state index is 13.1. The van der Waals surface area contributed by atoms with Gasteiger partial charge in [-0.2, -0.15) is 0 Å². The van der Waals surface area contributed by atoms with E-state index in [1.165, 1.54) is 5.56 Å². The van der Waals surface area contributed by atoms with Gasteiger partial charge < -0.3 is 10.2 Å². The zero-order valence-corrected chi connectivity index (χ0v) is 16.4. The summed E-state index contributed by atoms with van der Waals surface area (Å²) >= 11 is 0. The van der Waals surface area contributed by atoms with Crippen LogP contribution in [0, 0.1) is 5.92 Å². The minimum Gasteiger partial charge on any atom is -0.333 e. The predicted octanol–water partition coefficient (Wildman–Crippen LogP) is 3.65. The van der Waals surface area contributed by atoms with E-state index in [2.05, 4.69) is 45.1 Å². The molecule has 0 saturated carbocycles. The molecule has 140 valence electrons. The average molecular weight is 355 g/mol. The van der Waals surface area contributed by atoms with Crippen LogP contribution in [0.5, 0.6) is 0 Å². The highest BCUT2D eigenvalue weighted by Gasteiger charge is 2.42. The van der Waals surface area contributed by atoms with Crippen molar-refractivity contribution in [2.24, 2.45) is 5.92 Å². The van der Waals surface area contributed by atoms with E-state index in [0.717, 1.165) is 24.2 Å². The second-order valence-corrected chi connectivity index (χ2v) is 8.03. The summed E-state index contributed by atoms with van der Waals surface area (Å²) in [5.74, 6) is 1.04. The number of amides is 3. The molecule has 3 amide bonds. The maximum Gasteiger partial charge on any atom is 0.322 e. The van der Waals surface area contributed by atoms with Gasteiger partial charge in [0.25, 0.3) is 5.91 Å². The monoisotopic (exact) mass is 355 g/mol. The number of carbonyl (C=O) groups excluding carboxylic acids is 2. The van der Waals surface area contributed by atoms with Gasteiger partial charge in [-0.05, 0) is 29.4 Å². The largest absolute Gasteiger partial charge is 0.333 e. The Labute approximate surface area is 156 Å². The average Bonchev–Trinajstić information content (AvgIpc) is 2.93. The Bertz CT molecular complexity index is 734. The van der Waals surface area contributed by atoms with E-state index in [-0.39, 0.29) is 18.0 Å². The van der Waals surface area contributed by atoms with Crippen LogP contribution in [-0.2, 0) is 4.79 Å². The van der Waals surface area contributed by atoms with E-state index >= 15 is 0 Å². The summed E-state index contributed by atoms with van der Waals surface area (Å²) in [5, 5.41) is 3.00. The van der Waals surface area contributed by atoms with Gasteiger partial charge in [0.2, 0.25) is 0 Å². The molecule has 0 unspecified atom stereocenters. The van der Waals surface area contributed by atoms with Crippen molar-refractivity contribution in [2.45, 2.75) is 46.1 Å². The van der Waals surface area contributed by atoms with Gasteiger partial charge in [-0.1, -0.05) is 52.0 Å². The van der Waals surface area contributed by atoms with E-state index in [9.17, 15) is 9.59 Å². The highest BCUT2D eigenvalue weighted by Crippen LogP contribution is 2.36. The Morgan fingerprint density at radius 2 is 1.77 bits per heavy atom. The molecule has 1 atom stereocenters. The number of nitrogens with zero attached hydrogens (tertiary/aromatic N) is 2. The summed E-state index contributed by atoms with van der Waals surface area (Å²) in [5.41, 5.74) is 3.76. The molecule has 1 N–H and O–H groups in total. The number of rotatable bonds is 5. The first-order valence-electron chi connectivity index (χ1n) is 9.46. The van der Waals surface area contributed by atoms with E-state index in [0.29, 0.717) is 24.0 Å². The number of likely N-dealkylation sites (N-methyl/N-ethyl adjacent to an activating group) is 1. The molecule has 5 nitrogen and oxygen atoms in total. The fraction of sp³-hybridized carbons (Fsp3) is 0.524. The van der Waals surface area contributed by atoms with Crippen LogP contribution in [0.2, 0.25) is 0 Å². The van der Waals surface area contributed by atoms with Gasteiger partial charge in [0.1, 0.15) is 0 Å². The molecule has 0 saturated heterocycles. The van der Waals surface area contributed by atoms with Gasteiger partial charge in [0.05, 0.1) is 23.9 Å². The zero-order chi connectivity index (χ0) is 19.0. The molecule has 1 aromatic rings. The Morgan fingerprint density at radius 3 is 2.35 bits per heavy atom. The van der Waals surface area contributed by atoms with Crippen LogP contribution in [-0.4, -0.2) is 41.9 Å². The number of hydrogen-bond donors (Lipinski definition) is 1. The molecular formula is C21H29N3O2. The topological polar surface area (TPSA) is 52.7 Å². The molecule has 0 bridgehead atoms. The number of nitrogens with one attached hydrogen (secondary N) is 1. The fourth-order valence-corrected chi connectivity index (χ4v) is 3.54. The number of urea groups is 1. The fourth-order valence-electron chi connectivity index (χ4n) is 3.54. The Kier molecular flexibility index (Phi) is 5.08. The van der Waals surface area contributed by atoms with Gasteiger partial charge in [0.15, 0.2) is 0 Å². The van der Waals surface area contributed by atoms with Gasteiger partial charge in [-0.3, -0.25) is 9.69 Å². The summed E-state index contributed by atoms with van der Waals surface area (Å²) in [6.45, 7) is 9.87. The molecule has 0 radical (unpaired) electrons. The smallest absolute Gasteiger partial charge is 0.322 e. The Balaban J connectivity index is 1.91. The third-order valence-corrected chi connectivity index (χ3v) is 5.35. The normalized spacial score (nSPS) is 20.3. The van der Waals surface area contributed by atoms with Gasteiger partial charge >= 0.3 is 6.03 Å². The van der Waals surface area contributed by atoms with E-state index in [4.69, 9.17) is 0 Å². The molecular weight excluding hydrogens is 326 g/mol. The van der Waals surface area contributed by atoms with Crippen LogP contribution >= 0.6 is 0 Å². The minimum absolute atomic E-state index is 0.0467. The first kappa shape index (κ1) is 18.5. The molecule has 0 aromatic heterocycles. The van der Waals surface area contributed by atoms with Crippen LogP contribution < -0.4 is 5.32 Å². The van der Waals surface area contributed by atoms with Gasteiger partial charge in [-0.25, -0.2) is 4.79 Å². The van der Waals surface area contributed by atoms with Crippen molar-refractivity contribution in [1.29, 1.82) is 0 Å². The second kappa shape index (κ2) is 7.14. The van der Waals surface area contributed by atoms with Crippen molar-refractivity contribution >= 4 is 11.9 Å². The van der Waals surface area contributed by atoms with E-state index < -0.39 is 0 Å². The summed E-state index contributed by atoms with van der Waals surface area (Å²) < 4.78 is 0. The lowest BCUT2D eigenvalue weighted by Crippen LogP contribution is -2.45. The lowest BCUT2D eigenvalue weighted by molar-refractivity contribution is -0.125. The number of benzene rings is 1. The molecule has 3 rings (SSSR count). The van der Waals surface area contributed by atoms with Crippen molar-refractivity contribution in [3.63, 3.8) is 0 Å². The van der Waals surface area contributed by atoms with Crippen molar-refractivity contribution in [1.82, 2.24) is 15.1 Å². The SMILES string of the molecule is CC(C)CCN1CC2=C(C1=O)[C@@H](c1ccc(C(C)C)cc1)NC(=O)N2C. The van der Waals surface area contributed by atoms with E-state index in [1.807, 2.05) is 17.0 Å². The third kappa shape index (κ3) is 3.35. The number of carbonyl (C=O) groups is 2. The predicted molar refractivity (Wildman–Crippen MR) is 103 cm³/mol. The lowest BCUT2D eigenvalue weighted by atomic mass is 9.93. The van der Waals surface area contributed by atoms with Crippen LogP contribution in [0.1, 0.15) is 57.2 Å². The van der Waals surface area contributed by atoms with Crippen LogP contribution in [0.3, 0.4) is 0 Å². The van der Waals surface area contributed by atoms with Gasteiger partial charge in [0, 0.05) is 13.6 Å². The summed E-state index contributed by atoms with van der Waals surface area (Å²) in [7, 11) is 1.74. The van der Waals surface area contributed by atoms with Crippen molar-refractivity contribution < 1.29 is 9.59 Å². The Morgan fingerprint density at radius 1 is 1.12 bits per heavy atom. The van der Waals surface area contributed by atoms with Crippen LogP contribution in [0.25, 0.3) is 0 Å². The summed E-state index contributed by atoms with van der Waals surface area (Å²) in [4.78, 5) is 28.9. The number of hydrogen-bond acceptors (Lipinski definition) is 2. The molecule has 0 fully saturated rings. The standard InChI is InChI=1S/C21H29N3O2/c1-13(2)10-11-24-12-17-18(20(24)25)19(22-21(26)23(17)5)16-8-6-15(7-9-16)14(3)4/h6-9,13-14,19H,10-12H2,1-5H3,(H,22,26)/t19-/m1/s1. The molecule has 26 heavy (non-hydrogen) atoms. The third-order valence-electron chi connectivity index (χ3n) is 5.35. The summed E-state index contributed by atoms with van der Waals surface area (Å²) in [6, 6.07) is 7.70. The van der Waals surface area contributed by atoms with Gasteiger partial charge in [-0.15, -0.1) is 0 Å². The molecule has 1 aromatic carbocycles.